The van der Waals surface area contributed by atoms with Crippen molar-refractivity contribution in [3.8, 4) is 0 Å². The van der Waals surface area contributed by atoms with Crippen LogP contribution in [0.2, 0.25) is 0 Å². The summed E-state index contributed by atoms with van der Waals surface area (Å²) in [5.74, 6) is -0.541. The summed E-state index contributed by atoms with van der Waals surface area (Å²) in [4.78, 5) is 12.9. The highest BCUT2D eigenvalue weighted by Crippen LogP contribution is 2.09. The molecule has 0 saturated heterocycles. The SMILES string of the molecule is O=C=NCS(=O)(=O)c1ccccc1. The molecule has 4 nitrogen and oxygen atoms in total. The molecule has 5 heteroatoms. The van der Waals surface area contributed by atoms with E-state index in [4.69, 9.17) is 0 Å². The summed E-state index contributed by atoms with van der Waals surface area (Å²) in [5, 5.41) is 0. The van der Waals surface area contributed by atoms with Gasteiger partial charge in [-0.05, 0) is 12.1 Å². The minimum absolute atomic E-state index is 0.161. The molecule has 0 aliphatic carbocycles. The standard InChI is InChI=1S/C8H7NO3S/c10-6-9-7-13(11,12)8-4-2-1-3-5-8/h1-5H,7H2. The third kappa shape index (κ3) is 2.50. The van der Waals surface area contributed by atoms with E-state index in [1.54, 1.807) is 18.2 Å². The smallest absolute Gasteiger partial charge is 0.222 e. The predicted molar refractivity (Wildman–Crippen MR) is 46.6 cm³/mol. The molecule has 0 bridgehead atoms. The number of sulfone groups is 1. The second-order valence-corrected chi connectivity index (χ2v) is 4.27. The maximum Gasteiger partial charge on any atom is 0.236 e. The minimum Gasteiger partial charge on any atom is -0.222 e. The molecule has 68 valence electrons. The highest BCUT2D eigenvalue weighted by Gasteiger charge is 2.11. The first kappa shape index (κ1) is 9.64. The molecule has 0 fully saturated rings. The van der Waals surface area contributed by atoms with E-state index >= 15 is 0 Å². The summed E-state index contributed by atoms with van der Waals surface area (Å²) >= 11 is 0. The average molecular weight is 197 g/mol. The number of aliphatic imine (C=N–C) groups is 1. The average Bonchev–Trinajstić information content (AvgIpc) is 2.16. The number of benzene rings is 1. The van der Waals surface area contributed by atoms with Crippen LogP contribution in [0, 0.1) is 0 Å². The van der Waals surface area contributed by atoms with Gasteiger partial charge in [-0.15, -0.1) is 0 Å². The van der Waals surface area contributed by atoms with Crippen LogP contribution in [0.3, 0.4) is 0 Å². The lowest BCUT2D eigenvalue weighted by Crippen LogP contribution is -2.03. The first-order chi connectivity index (χ1) is 6.17. The van der Waals surface area contributed by atoms with E-state index in [1.165, 1.54) is 18.2 Å². The number of nitrogens with zero attached hydrogens (tertiary/aromatic N) is 1. The first-order valence-corrected chi connectivity index (χ1v) is 5.13. The molecule has 0 N–H and O–H groups in total. The number of hydrogen-bond donors (Lipinski definition) is 0. The molecule has 0 saturated carbocycles. The van der Waals surface area contributed by atoms with Crippen molar-refractivity contribution >= 4 is 15.9 Å². The summed E-state index contributed by atoms with van der Waals surface area (Å²) in [6, 6.07) is 7.84. The van der Waals surface area contributed by atoms with Crippen LogP contribution in [-0.4, -0.2) is 20.4 Å². The number of rotatable bonds is 3. The zero-order chi connectivity index (χ0) is 9.73. The fourth-order valence-corrected chi connectivity index (χ4v) is 1.76. The van der Waals surface area contributed by atoms with Gasteiger partial charge in [0.15, 0.2) is 15.7 Å². The molecule has 0 unspecified atom stereocenters. The van der Waals surface area contributed by atoms with Gasteiger partial charge in [-0.3, -0.25) is 0 Å². The molecule has 1 aromatic rings. The van der Waals surface area contributed by atoms with Crippen molar-refractivity contribution in [2.75, 3.05) is 5.88 Å². The molecule has 0 aliphatic heterocycles. The molecule has 0 radical (unpaired) electrons. The van der Waals surface area contributed by atoms with Gasteiger partial charge < -0.3 is 0 Å². The lowest BCUT2D eigenvalue weighted by Gasteiger charge is -1.97. The zero-order valence-electron chi connectivity index (χ0n) is 6.67. The van der Waals surface area contributed by atoms with E-state index in [1.807, 2.05) is 0 Å². The van der Waals surface area contributed by atoms with Crippen molar-refractivity contribution in [1.29, 1.82) is 0 Å². The van der Waals surface area contributed by atoms with Crippen molar-refractivity contribution in [3.63, 3.8) is 0 Å². The Morgan fingerprint density at radius 1 is 1.23 bits per heavy atom. The Morgan fingerprint density at radius 3 is 2.38 bits per heavy atom. The van der Waals surface area contributed by atoms with E-state index < -0.39 is 15.7 Å². The monoisotopic (exact) mass is 197 g/mol. The second kappa shape index (κ2) is 3.98. The van der Waals surface area contributed by atoms with Gasteiger partial charge in [0.05, 0.1) is 4.90 Å². The van der Waals surface area contributed by atoms with E-state index in [9.17, 15) is 13.2 Å². The molecule has 0 aliphatic rings. The summed E-state index contributed by atoms with van der Waals surface area (Å²) in [6.07, 6.45) is 1.19. The number of carbonyl (C=O) groups excluding carboxylic acids is 1. The molecular formula is C8H7NO3S. The van der Waals surface area contributed by atoms with Gasteiger partial charge in [0, 0.05) is 0 Å². The molecule has 1 aromatic carbocycles. The fourth-order valence-electron chi connectivity index (χ4n) is 0.814. The molecule has 0 spiro atoms. The van der Waals surface area contributed by atoms with Gasteiger partial charge in [-0.2, -0.15) is 4.99 Å². The minimum atomic E-state index is -3.45. The van der Waals surface area contributed by atoms with Crippen LogP contribution >= 0.6 is 0 Å². The topological polar surface area (TPSA) is 63.6 Å². The van der Waals surface area contributed by atoms with Gasteiger partial charge in [0.2, 0.25) is 6.08 Å². The number of hydrogen-bond acceptors (Lipinski definition) is 4. The van der Waals surface area contributed by atoms with Crippen molar-refractivity contribution < 1.29 is 13.2 Å². The van der Waals surface area contributed by atoms with E-state index in [0.29, 0.717) is 0 Å². The second-order valence-electron chi connectivity index (χ2n) is 2.31. The van der Waals surface area contributed by atoms with Crippen LogP contribution in [0.25, 0.3) is 0 Å². The normalized spacial score (nSPS) is 10.5. The Morgan fingerprint density at radius 2 is 1.85 bits per heavy atom. The maximum absolute atomic E-state index is 11.3. The largest absolute Gasteiger partial charge is 0.236 e. The maximum atomic E-state index is 11.3. The Labute approximate surface area is 75.8 Å². The highest BCUT2D eigenvalue weighted by molar-refractivity contribution is 7.91. The molecule has 0 atom stereocenters. The van der Waals surface area contributed by atoms with Crippen molar-refractivity contribution in [2.24, 2.45) is 4.99 Å². The highest BCUT2D eigenvalue weighted by atomic mass is 32.2. The van der Waals surface area contributed by atoms with Gasteiger partial charge in [-0.25, -0.2) is 13.2 Å². The molecule has 1 rings (SSSR count). The third-order valence-electron chi connectivity index (χ3n) is 1.40. The van der Waals surface area contributed by atoms with Gasteiger partial charge >= 0.3 is 0 Å². The Hall–Kier alpha value is -1.45. The third-order valence-corrected chi connectivity index (χ3v) is 2.86. The molecule has 0 heterocycles. The van der Waals surface area contributed by atoms with Crippen LogP contribution in [-0.2, 0) is 14.6 Å². The summed E-state index contributed by atoms with van der Waals surface area (Å²) in [6.45, 7) is 0. The van der Waals surface area contributed by atoms with E-state index in [2.05, 4.69) is 4.99 Å². The van der Waals surface area contributed by atoms with Gasteiger partial charge in [0.1, 0.15) is 0 Å². The number of isocyanates is 1. The zero-order valence-corrected chi connectivity index (χ0v) is 7.49. The predicted octanol–water partition coefficient (Wildman–Crippen LogP) is 0.754. The molecule has 0 aromatic heterocycles. The Bertz CT molecular complexity index is 418. The van der Waals surface area contributed by atoms with Gasteiger partial charge in [-0.1, -0.05) is 18.2 Å². The van der Waals surface area contributed by atoms with Gasteiger partial charge in [0.25, 0.3) is 0 Å². The lowest BCUT2D eigenvalue weighted by atomic mass is 10.4. The van der Waals surface area contributed by atoms with Crippen LogP contribution in [0.4, 0.5) is 0 Å². The van der Waals surface area contributed by atoms with E-state index in [0.717, 1.165) is 0 Å². The lowest BCUT2D eigenvalue weighted by molar-refractivity contribution is 0.562. The van der Waals surface area contributed by atoms with Crippen molar-refractivity contribution in [2.45, 2.75) is 4.90 Å². The van der Waals surface area contributed by atoms with Crippen LogP contribution < -0.4 is 0 Å². The quantitative estimate of drug-likeness (QED) is 0.530. The van der Waals surface area contributed by atoms with Crippen LogP contribution in [0.15, 0.2) is 40.2 Å². The summed E-state index contributed by atoms with van der Waals surface area (Å²) < 4.78 is 22.6. The fraction of sp³-hybridized carbons (Fsp3) is 0.125. The summed E-state index contributed by atoms with van der Waals surface area (Å²) in [7, 11) is -3.45. The van der Waals surface area contributed by atoms with Crippen LogP contribution in [0.1, 0.15) is 0 Å². The first-order valence-electron chi connectivity index (χ1n) is 3.48. The van der Waals surface area contributed by atoms with Crippen molar-refractivity contribution in [3.05, 3.63) is 30.3 Å². The molecular weight excluding hydrogens is 190 g/mol. The molecule has 0 amide bonds. The molecule has 13 heavy (non-hydrogen) atoms. The Balaban J connectivity index is 3.02. The summed E-state index contributed by atoms with van der Waals surface area (Å²) in [5.41, 5.74) is 0. The Kier molecular flexibility index (Phi) is 2.95. The van der Waals surface area contributed by atoms with E-state index in [-0.39, 0.29) is 4.90 Å². The van der Waals surface area contributed by atoms with Crippen molar-refractivity contribution in [1.82, 2.24) is 0 Å². The van der Waals surface area contributed by atoms with Crippen LogP contribution in [0.5, 0.6) is 0 Å².